The van der Waals surface area contributed by atoms with Crippen LogP contribution in [0.15, 0.2) is 63.9 Å². The summed E-state index contributed by atoms with van der Waals surface area (Å²) >= 11 is 2.55. The zero-order valence-electron chi connectivity index (χ0n) is 20.1. The van der Waals surface area contributed by atoms with E-state index in [0.717, 1.165) is 5.56 Å². The maximum Gasteiger partial charge on any atom is 0.272 e. The lowest BCUT2D eigenvalue weighted by molar-refractivity contribution is -0.113. The summed E-state index contributed by atoms with van der Waals surface area (Å²) in [6.07, 6.45) is 0.566. The molecule has 0 spiro atoms. The first kappa shape index (κ1) is 25.5. The first-order valence-corrected chi connectivity index (χ1v) is 13.0. The Morgan fingerprint density at radius 3 is 2.64 bits per heavy atom. The minimum Gasteiger partial charge on any atom is -0.493 e. The second-order valence-corrected chi connectivity index (χ2v) is 9.76. The average molecular weight is 524 g/mol. The molecule has 2 heterocycles. The topological polar surface area (TPSA) is 99.5 Å². The van der Waals surface area contributed by atoms with Gasteiger partial charge in [-0.25, -0.2) is 4.98 Å². The first-order valence-electron chi connectivity index (χ1n) is 11.1. The Labute approximate surface area is 216 Å². The van der Waals surface area contributed by atoms with Crippen molar-refractivity contribution in [2.75, 3.05) is 25.3 Å². The fourth-order valence-corrected chi connectivity index (χ4v) is 5.25. The van der Waals surface area contributed by atoms with Crippen LogP contribution in [-0.2, 0) is 17.8 Å². The quantitative estimate of drug-likeness (QED) is 0.183. The number of amides is 1. The fourth-order valence-electron chi connectivity index (χ4n) is 3.65. The second kappa shape index (κ2) is 11.4. The van der Waals surface area contributed by atoms with E-state index in [2.05, 4.69) is 10.3 Å². The molecule has 0 saturated heterocycles. The number of thioether (sulfide) groups is 1. The van der Waals surface area contributed by atoms with Crippen molar-refractivity contribution in [3.8, 4) is 11.5 Å². The molecule has 4 aromatic rings. The van der Waals surface area contributed by atoms with Crippen LogP contribution in [0, 0.1) is 0 Å². The number of methoxy groups -OCH3 is 2. The first-order chi connectivity index (χ1) is 17.4. The van der Waals surface area contributed by atoms with Crippen LogP contribution in [-0.4, -0.2) is 41.2 Å². The largest absolute Gasteiger partial charge is 0.493 e. The summed E-state index contributed by atoms with van der Waals surface area (Å²) < 4.78 is 12.9. The minimum atomic E-state index is -0.258. The highest BCUT2D eigenvalue weighted by atomic mass is 32.2. The highest BCUT2D eigenvalue weighted by Crippen LogP contribution is 2.28. The molecule has 2 aromatic heterocycles. The van der Waals surface area contributed by atoms with Gasteiger partial charge in [-0.3, -0.25) is 19.0 Å². The number of thiophene rings is 1. The second-order valence-electron chi connectivity index (χ2n) is 7.90. The van der Waals surface area contributed by atoms with Gasteiger partial charge in [0.2, 0.25) is 5.91 Å². The smallest absolute Gasteiger partial charge is 0.272 e. The molecule has 36 heavy (non-hydrogen) atoms. The van der Waals surface area contributed by atoms with Crippen LogP contribution in [0.25, 0.3) is 10.2 Å². The number of fused-ring (bicyclic) bond motifs is 1. The lowest BCUT2D eigenvalue weighted by Gasteiger charge is -2.13. The van der Waals surface area contributed by atoms with E-state index in [0.29, 0.717) is 51.1 Å². The molecular formula is C26H25N3O5S2. The molecule has 186 valence electrons. The van der Waals surface area contributed by atoms with Crippen molar-refractivity contribution in [1.29, 1.82) is 0 Å². The zero-order valence-corrected chi connectivity index (χ0v) is 21.7. The van der Waals surface area contributed by atoms with E-state index in [1.807, 2.05) is 23.6 Å². The van der Waals surface area contributed by atoms with Crippen LogP contribution in [0.1, 0.15) is 22.8 Å². The molecule has 4 rings (SSSR count). The van der Waals surface area contributed by atoms with E-state index in [4.69, 9.17) is 9.47 Å². The van der Waals surface area contributed by atoms with E-state index < -0.39 is 0 Å². The van der Waals surface area contributed by atoms with Gasteiger partial charge in [-0.15, -0.1) is 11.3 Å². The van der Waals surface area contributed by atoms with Crippen molar-refractivity contribution in [1.82, 2.24) is 9.55 Å². The number of anilines is 1. The van der Waals surface area contributed by atoms with Crippen molar-refractivity contribution in [2.45, 2.75) is 25.0 Å². The molecule has 2 aromatic carbocycles. The summed E-state index contributed by atoms with van der Waals surface area (Å²) in [7, 11) is 3.16. The van der Waals surface area contributed by atoms with Crippen molar-refractivity contribution in [2.24, 2.45) is 0 Å². The molecule has 8 nitrogen and oxygen atoms in total. The number of Topliss-reactive ketones (excluding diaryl/α,β-unsaturated/α-hetero) is 1. The fraction of sp³-hybridized carbons (Fsp3) is 0.231. The van der Waals surface area contributed by atoms with Crippen molar-refractivity contribution >= 4 is 50.7 Å². The van der Waals surface area contributed by atoms with Gasteiger partial charge in [0, 0.05) is 17.8 Å². The molecule has 0 atom stereocenters. The molecule has 0 aliphatic carbocycles. The van der Waals surface area contributed by atoms with Crippen LogP contribution in [0.2, 0.25) is 0 Å². The van der Waals surface area contributed by atoms with Crippen LogP contribution < -0.4 is 20.3 Å². The number of aromatic nitrogens is 2. The van der Waals surface area contributed by atoms with Gasteiger partial charge < -0.3 is 14.8 Å². The summed E-state index contributed by atoms with van der Waals surface area (Å²) in [4.78, 5) is 42.1. The van der Waals surface area contributed by atoms with Crippen molar-refractivity contribution in [3.05, 3.63) is 75.4 Å². The Kier molecular flexibility index (Phi) is 8.07. The highest BCUT2D eigenvalue weighted by Gasteiger charge is 2.15. The van der Waals surface area contributed by atoms with Crippen LogP contribution in [0.5, 0.6) is 11.5 Å². The lowest BCUT2D eigenvalue weighted by atomic mass is 10.1. The van der Waals surface area contributed by atoms with E-state index in [9.17, 15) is 14.4 Å². The maximum atomic E-state index is 13.2. The Morgan fingerprint density at radius 2 is 1.89 bits per heavy atom. The number of carbonyl (C=O) groups excluding carboxylic acids is 2. The predicted molar refractivity (Wildman–Crippen MR) is 143 cm³/mol. The van der Waals surface area contributed by atoms with Gasteiger partial charge in [-0.1, -0.05) is 30.0 Å². The Balaban J connectivity index is 1.52. The third kappa shape index (κ3) is 5.77. The third-order valence-electron chi connectivity index (χ3n) is 5.49. The zero-order chi connectivity index (χ0) is 25.7. The van der Waals surface area contributed by atoms with Crippen LogP contribution >= 0.6 is 23.1 Å². The van der Waals surface area contributed by atoms with Gasteiger partial charge in [0.05, 0.1) is 25.5 Å². The Hall–Kier alpha value is -3.63. The predicted octanol–water partition coefficient (Wildman–Crippen LogP) is 4.65. The summed E-state index contributed by atoms with van der Waals surface area (Å²) in [6.45, 7) is 1.87. The van der Waals surface area contributed by atoms with Crippen LogP contribution in [0.4, 0.5) is 5.69 Å². The standard InChI is InChI=1S/C26H25N3O5S2/c1-16(30)18-5-4-6-19(14-18)27-23(31)15-36-26-28-20-10-12-35-24(20)25(32)29(26)11-9-17-7-8-21(33-2)22(13-17)34-3/h4-8,10,12-14H,9,11,15H2,1-3H3,(H,27,31). The molecular weight excluding hydrogens is 498 g/mol. The number of hydrogen-bond donors (Lipinski definition) is 1. The summed E-state index contributed by atoms with van der Waals surface area (Å²) in [5.41, 5.74) is 2.52. The van der Waals surface area contributed by atoms with E-state index in [1.165, 1.54) is 30.0 Å². The van der Waals surface area contributed by atoms with Gasteiger partial charge in [0.1, 0.15) is 4.70 Å². The summed E-state index contributed by atoms with van der Waals surface area (Å²) in [5.74, 6) is 0.979. The summed E-state index contributed by atoms with van der Waals surface area (Å²) in [5, 5.41) is 5.11. The van der Waals surface area contributed by atoms with E-state index in [-0.39, 0.29) is 23.0 Å². The molecule has 0 saturated carbocycles. The Morgan fingerprint density at radius 1 is 1.08 bits per heavy atom. The number of hydrogen-bond acceptors (Lipinski definition) is 8. The number of ether oxygens (including phenoxy) is 2. The van der Waals surface area contributed by atoms with Gasteiger partial charge in [-0.05, 0) is 54.6 Å². The van der Waals surface area contributed by atoms with Gasteiger partial charge in [-0.2, -0.15) is 0 Å². The number of aryl methyl sites for hydroxylation is 1. The number of nitrogens with zero attached hydrogens (tertiary/aromatic N) is 2. The molecule has 0 aliphatic rings. The van der Waals surface area contributed by atoms with Crippen LogP contribution in [0.3, 0.4) is 0 Å². The molecule has 0 bridgehead atoms. The third-order valence-corrected chi connectivity index (χ3v) is 7.36. The molecule has 0 aliphatic heterocycles. The molecule has 0 fully saturated rings. The molecule has 1 N–H and O–H groups in total. The number of rotatable bonds is 10. The lowest BCUT2D eigenvalue weighted by Crippen LogP contribution is -2.24. The van der Waals surface area contributed by atoms with Gasteiger partial charge in [0.15, 0.2) is 22.4 Å². The van der Waals surface area contributed by atoms with Gasteiger partial charge in [0.25, 0.3) is 5.56 Å². The SMILES string of the molecule is COc1ccc(CCn2c(SCC(=O)Nc3cccc(C(C)=O)c3)nc3ccsc3c2=O)cc1OC. The maximum absolute atomic E-state index is 13.2. The van der Waals surface area contributed by atoms with Gasteiger partial charge >= 0.3 is 0 Å². The van der Waals surface area contributed by atoms with E-state index >= 15 is 0 Å². The minimum absolute atomic E-state index is 0.0583. The van der Waals surface area contributed by atoms with Crippen molar-refractivity contribution < 1.29 is 19.1 Å². The summed E-state index contributed by atoms with van der Waals surface area (Å²) in [6, 6.07) is 14.2. The molecule has 1 amide bonds. The van der Waals surface area contributed by atoms with Crippen molar-refractivity contribution in [3.63, 3.8) is 0 Å². The normalized spacial score (nSPS) is 10.9. The number of benzene rings is 2. The number of ketones is 1. The van der Waals surface area contributed by atoms with E-state index in [1.54, 1.807) is 49.1 Å². The number of carbonyl (C=O) groups is 2. The average Bonchev–Trinajstić information content (AvgIpc) is 3.36. The highest BCUT2D eigenvalue weighted by molar-refractivity contribution is 7.99. The Bertz CT molecular complexity index is 1480. The molecule has 10 heteroatoms. The number of nitrogens with one attached hydrogen (secondary N) is 1. The molecule has 0 unspecified atom stereocenters. The molecule has 0 radical (unpaired) electrons. The monoisotopic (exact) mass is 523 g/mol.